The molecule has 84 valence electrons. The second kappa shape index (κ2) is 4.35. The summed E-state index contributed by atoms with van der Waals surface area (Å²) in [5.74, 6) is -1.06. The maximum absolute atomic E-state index is 11.7. The van der Waals surface area contributed by atoms with Crippen molar-refractivity contribution < 1.29 is 14.7 Å². The van der Waals surface area contributed by atoms with Gasteiger partial charge in [-0.3, -0.25) is 9.59 Å². The van der Waals surface area contributed by atoms with E-state index in [1.165, 1.54) is 5.56 Å². The van der Waals surface area contributed by atoms with Gasteiger partial charge in [0.05, 0.1) is 12.3 Å². The number of nitrogens with one attached hydrogen (secondary N) is 1. The highest BCUT2D eigenvalue weighted by atomic mass is 16.4. The van der Waals surface area contributed by atoms with Gasteiger partial charge < -0.3 is 10.4 Å². The molecule has 0 aliphatic heterocycles. The van der Waals surface area contributed by atoms with E-state index in [0.29, 0.717) is 0 Å². The number of hydrogen-bond acceptors (Lipinski definition) is 2. The first kappa shape index (κ1) is 10.7. The molecule has 1 unspecified atom stereocenters. The molecule has 1 aromatic carbocycles. The van der Waals surface area contributed by atoms with Gasteiger partial charge in [-0.2, -0.15) is 0 Å². The molecule has 0 saturated heterocycles. The average Bonchev–Trinajstić information content (AvgIpc) is 2.19. The Morgan fingerprint density at radius 1 is 1.38 bits per heavy atom. The molecule has 1 amide bonds. The van der Waals surface area contributed by atoms with Crippen LogP contribution >= 0.6 is 0 Å². The molecule has 4 nitrogen and oxygen atoms in total. The van der Waals surface area contributed by atoms with Gasteiger partial charge in [-0.15, -0.1) is 0 Å². The Kier molecular flexibility index (Phi) is 2.90. The monoisotopic (exact) mass is 219 g/mol. The summed E-state index contributed by atoms with van der Waals surface area (Å²) in [5.41, 5.74) is 2.27. The molecule has 0 fully saturated rings. The third kappa shape index (κ3) is 2.05. The highest BCUT2D eigenvalue weighted by Gasteiger charge is 2.31. The molecule has 1 atom stereocenters. The first-order chi connectivity index (χ1) is 7.68. The summed E-state index contributed by atoms with van der Waals surface area (Å²) in [4.78, 5) is 21.9. The summed E-state index contributed by atoms with van der Waals surface area (Å²) < 4.78 is 0. The molecule has 16 heavy (non-hydrogen) atoms. The normalized spacial score (nSPS) is 17.1. The largest absolute Gasteiger partial charge is 0.481 e. The van der Waals surface area contributed by atoms with Crippen LogP contribution in [-0.4, -0.2) is 23.5 Å². The molecular weight excluding hydrogens is 206 g/mol. The Balaban J connectivity index is 1.87. The zero-order valence-electron chi connectivity index (χ0n) is 8.77. The van der Waals surface area contributed by atoms with E-state index in [4.69, 9.17) is 5.11 Å². The molecule has 0 aromatic heterocycles. The predicted octanol–water partition coefficient (Wildman–Crippen LogP) is 0.917. The zero-order valence-corrected chi connectivity index (χ0v) is 8.77. The first-order valence-electron chi connectivity index (χ1n) is 5.26. The van der Waals surface area contributed by atoms with Gasteiger partial charge >= 0.3 is 5.97 Å². The minimum Gasteiger partial charge on any atom is -0.481 e. The topological polar surface area (TPSA) is 66.4 Å². The third-order valence-electron chi connectivity index (χ3n) is 2.81. The van der Waals surface area contributed by atoms with Crippen LogP contribution in [0.1, 0.15) is 23.5 Å². The summed E-state index contributed by atoms with van der Waals surface area (Å²) in [6.07, 6.45) is 0.731. The molecule has 2 rings (SSSR count). The number of fused-ring (bicyclic) bond motifs is 1. The lowest BCUT2D eigenvalue weighted by molar-refractivity contribution is -0.136. The molecule has 0 saturated carbocycles. The number of carbonyl (C=O) groups excluding carboxylic acids is 1. The minimum atomic E-state index is -0.894. The maximum atomic E-state index is 11.7. The van der Waals surface area contributed by atoms with Crippen molar-refractivity contribution in [3.63, 3.8) is 0 Å². The van der Waals surface area contributed by atoms with E-state index in [-0.39, 0.29) is 24.8 Å². The van der Waals surface area contributed by atoms with Crippen molar-refractivity contribution >= 4 is 11.9 Å². The number of carboxylic acid groups (broad SMARTS) is 1. The zero-order chi connectivity index (χ0) is 11.5. The Morgan fingerprint density at radius 3 is 2.81 bits per heavy atom. The van der Waals surface area contributed by atoms with Gasteiger partial charge in [0.25, 0.3) is 0 Å². The van der Waals surface area contributed by atoms with E-state index < -0.39 is 5.97 Å². The summed E-state index contributed by atoms with van der Waals surface area (Å²) in [6, 6.07) is 7.82. The van der Waals surface area contributed by atoms with Crippen molar-refractivity contribution in [2.75, 3.05) is 6.54 Å². The van der Waals surface area contributed by atoms with Crippen LogP contribution in [0.25, 0.3) is 0 Å². The van der Waals surface area contributed by atoms with Crippen LogP contribution in [0.2, 0.25) is 0 Å². The van der Waals surface area contributed by atoms with Gasteiger partial charge in [-0.1, -0.05) is 24.3 Å². The summed E-state index contributed by atoms with van der Waals surface area (Å²) in [6.45, 7) is 0.201. The van der Waals surface area contributed by atoms with Crippen molar-refractivity contribution in [3.05, 3.63) is 35.4 Å². The lowest BCUT2D eigenvalue weighted by Gasteiger charge is -2.28. The van der Waals surface area contributed by atoms with Crippen LogP contribution in [0.15, 0.2) is 24.3 Å². The number of aliphatic carboxylic acids is 1. The van der Waals surface area contributed by atoms with E-state index in [1.54, 1.807) is 0 Å². The number of rotatable bonds is 4. The van der Waals surface area contributed by atoms with E-state index in [9.17, 15) is 9.59 Å². The standard InChI is InChI=1S/C12H13NO3/c14-11(15)5-6-13-12(16)10-7-8-3-1-2-4-9(8)10/h1-4,10H,5-7H2,(H,13,16)(H,14,15). The molecule has 1 aliphatic carbocycles. The SMILES string of the molecule is O=C(O)CCNC(=O)C1Cc2ccccc21. The number of carboxylic acids is 1. The van der Waals surface area contributed by atoms with Crippen LogP contribution < -0.4 is 5.32 Å². The van der Waals surface area contributed by atoms with Gasteiger partial charge in [0.2, 0.25) is 5.91 Å². The lowest BCUT2D eigenvalue weighted by atomic mass is 9.77. The fourth-order valence-electron chi connectivity index (χ4n) is 1.91. The predicted molar refractivity (Wildman–Crippen MR) is 58.1 cm³/mol. The molecule has 0 heterocycles. The molecule has 0 radical (unpaired) electrons. The van der Waals surface area contributed by atoms with E-state index in [2.05, 4.69) is 5.32 Å². The highest BCUT2D eigenvalue weighted by molar-refractivity contribution is 5.87. The van der Waals surface area contributed by atoms with Crippen molar-refractivity contribution in [1.29, 1.82) is 0 Å². The third-order valence-corrected chi connectivity index (χ3v) is 2.81. The molecular formula is C12H13NO3. The molecule has 0 spiro atoms. The summed E-state index contributed by atoms with van der Waals surface area (Å²) in [5, 5.41) is 11.1. The van der Waals surface area contributed by atoms with Crippen LogP contribution in [0, 0.1) is 0 Å². The quantitative estimate of drug-likeness (QED) is 0.791. The minimum absolute atomic E-state index is 0.0277. The molecule has 2 N–H and O–H groups in total. The maximum Gasteiger partial charge on any atom is 0.305 e. The van der Waals surface area contributed by atoms with Crippen molar-refractivity contribution in [3.8, 4) is 0 Å². The Hall–Kier alpha value is -1.84. The van der Waals surface area contributed by atoms with Gasteiger partial charge in [0.1, 0.15) is 0 Å². The Labute approximate surface area is 93.3 Å². The fourth-order valence-corrected chi connectivity index (χ4v) is 1.91. The van der Waals surface area contributed by atoms with Crippen molar-refractivity contribution in [1.82, 2.24) is 5.32 Å². The fraction of sp³-hybridized carbons (Fsp3) is 0.333. The second-order valence-corrected chi connectivity index (χ2v) is 3.89. The number of benzene rings is 1. The second-order valence-electron chi connectivity index (χ2n) is 3.89. The van der Waals surface area contributed by atoms with Crippen LogP contribution in [0.3, 0.4) is 0 Å². The van der Waals surface area contributed by atoms with Crippen molar-refractivity contribution in [2.24, 2.45) is 0 Å². The highest BCUT2D eigenvalue weighted by Crippen LogP contribution is 2.34. The van der Waals surface area contributed by atoms with E-state index >= 15 is 0 Å². The summed E-state index contributed by atoms with van der Waals surface area (Å²) >= 11 is 0. The van der Waals surface area contributed by atoms with Crippen LogP contribution in [0.4, 0.5) is 0 Å². The first-order valence-corrected chi connectivity index (χ1v) is 5.26. The Morgan fingerprint density at radius 2 is 2.12 bits per heavy atom. The van der Waals surface area contributed by atoms with Crippen LogP contribution in [-0.2, 0) is 16.0 Å². The van der Waals surface area contributed by atoms with Gasteiger partial charge in [-0.05, 0) is 17.5 Å². The van der Waals surface area contributed by atoms with Crippen LogP contribution in [0.5, 0.6) is 0 Å². The van der Waals surface area contributed by atoms with Gasteiger partial charge in [-0.25, -0.2) is 0 Å². The molecule has 1 aromatic rings. The summed E-state index contributed by atoms with van der Waals surface area (Å²) in [7, 11) is 0. The Bertz CT molecular complexity index is 428. The molecule has 0 bridgehead atoms. The van der Waals surface area contributed by atoms with E-state index in [1.807, 2.05) is 24.3 Å². The van der Waals surface area contributed by atoms with E-state index in [0.717, 1.165) is 12.0 Å². The number of amides is 1. The van der Waals surface area contributed by atoms with Crippen molar-refractivity contribution in [2.45, 2.75) is 18.8 Å². The number of carbonyl (C=O) groups is 2. The number of hydrogen-bond donors (Lipinski definition) is 2. The van der Waals surface area contributed by atoms with Gasteiger partial charge in [0.15, 0.2) is 0 Å². The van der Waals surface area contributed by atoms with Gasteiger partial charge in [0, 0.05) is 6.54 Å². The lowest BCUT2D eigenvalue weighted by Crippen LogP contribution is -2.36. The molecule has 1 aliphatic rings. The molecule has 4 heteroatoms. The smallest absolute Gasteiger partial charge is 0.305 e. The average molecular weight is 219 g/mol.